The molecular formula is C17H25NO4. The number of rotatable bonds is 5. The van der Waals surface area contributed by atoms with Gasteiger partial charge < -0.3 is 19.9 Å². The van der Waals surface area contributed by atoms with Crippen LogP contribution in [0.5, 0.6) is 11.5 Å². The van der Waals surface area contributed by atoms with Gasteiger partial charge >= 0.3 is 5.97 Å². The van der Waals surface area contributed by atoms with Crippen molar-refractivity contribution in [3.05, 3.63) is 23.8 Å². The number of hydrogen-bond donors (Lipinski definition) is 1. The van der Waals surface area contributed by atoms with E-state index < -0.39 is 0 Å². The van der Waals surface area contributed by atoms with E-state index in [0.29, 0.717) is 12.4 Å². The molecule has 1 fully saturated rings. The highest BCUT2D eigenvalue weighted by molar-refractivity contribution is 5.66. The minimum Gasteiger partial charge on any atom is -0.493 e. The summed E-state index contributed by atoms with van der Waals surface area (Å²) >= 11 is 0. The summed E-state index contributed by atoms with van der Waals surface area (Å²) in [5.74, 6) is 1.36. The molecular weight excluding hydrogens is 282 g/mol. The van der Waals surface area contributed by atoms with Crippen LogP contribution in [-0.4, -0.2) is 31.8 Å². The molecule has 22 heavy (non-hydrogen) atoms. The van der Waals surface area contributed by atoms with E-state index in [9.17, 15) is 4.79 Å². The Bertz CT molecular complexity index is 517. The van der Waals surface area contributed by atoms with Crippen LogP contribution in [0.1, 0.15) is 44.6 Å². The summed E-state index contributed by atoms with van der Waals surface area (Å²) < 4.78 is 16.3. The minimum absolute atomic E-state index is 0.0556. The molecule has 1 aliphatic rings. The lowest BCUT2D eigenvalue weighted by Crippen LogP contribution is -2.38. The largest absolute Gasteiger partial charge is 0.493 e. The highest BCUT2D eigenvalue weighted by Crippen LogP contribution is 2.37. The minimum atomic E-state index is -0.232. The molecule has 3 unspecified atom stereocenters. The fourth-order valence-electron chi connectivity index (χ4n) is 3.07. The zero-order valence-electron chi connectivity index (χ0n) is 13.5. The van der Waals surface area contributed by atoms with Crippen LogP contribution in [0.4, 0.5) is 0 Å². The van der Waals surface area contributed by atoms with Crippen LogP contribution in [0, 0.1) is 0 Å². The number of methoxy groups -OCH3 is 1. The summed E-state index contributed by atoms with van der Waals surface area (Å²) in [4.78, 5) is 11.2. The summed E-state index contributed by atoms with van der Waals surface area (Å²) in [6.45, 7) is 3.96. The second-order valence-corrected chi connectivity index (χ2v) is 5.66. The van der Waals surface area contributed by atoms with Crippen LogP contribution < -0.4 is 15.2 Å². The molecule has 1 aromatic rings. The van der Waals surface area contributed by atoms with Crippen molar-refractivity contribution in [3.8, 4) is 11.5 Å². The van der Waals surface area contributed by atoms with Crippen molar-refractivity contribution in [1.29, 1.82) is 0 Å². The monoisotopic (exact) mass is 307 g/mol. The molecule has 2 N–H and O–H groups in total. The first-order valence-corrected chi connectivity index (χ1v) is 7.78. The summed E-state index contributed by atoms with van der Waals surface area (Å²) in [5.41, 5.74) is 7.39. The van der Waals surface area contributed by atoms with Gasteiger partial charge in [-0.05, 0) is 43.9 Å². The van der Waals surface area contributed by atoms with Gasteiger partial charge in [-0.1, -0.05) is 6.07 Å². The molecule has 1 saturated carbocycles. The molecule has 0 amide bonds. The second-order valence-electron chi connectivity index (χ2n) is 5.66. The van der Waals surface area contributed by atoms with Crippen molar-refractivity contribution >= 4 is 5.97 Å². The maximum atomic E-state index is 11.2. The van der Waals surface area contributed by atoms with Crippen LogP contribution in [0.15, 0.2) is 18.2 Å². The molecule has 5 heteroatoms. The molecule has 1 aliphatic carbocycles. The fourth-order valence-corrected chi connectivity index (χ4v) is 3.07. The van der Waals surface area contributed by atoms with E-state index in [2.05, 4.69) is 0 Å². The Morgan fingerprint density at radius 1 is 1.32 bits per heavy atom. The molecule has 0 aromatic heterocycles. The first-order chi connectivity index (χ1) is 10.5. The van der Waals surface area contributed by atoms with Gasteiger partial charge in [0.2, 0.25) is 0 Å². The van der Waals surface area contributed by atoms with Gasteiger partial charge in [0.15, 0.2) is 11.5 Å². The van der Waals surface area contributed by atoms with Crippen molar-refractivity contribution in [2.24, 2.45) is 5.73 Å². The van der Waals surface area contributed by atoms with Crippen molar-refractivity contribution in [3.63, 3.8) is 0 Å². The summed E-state index contributed by atoms with van der Waals surface area (Å²) in [5, 5.41) is 0. The van der Waals surface area contributed by atoms with E-state index in [0.717, 1.165) is 30.6 Å². The maximum absolute atomic E-state index is 11.2. The topological polar surface area (TPSA) is 70.8 Å². The van der Waals surface area contributed by atoms with E-state index in [4.69, 9.17) is 19.9 Å². The third-order valence-electron chi connectivity index (χ3n) is 4.10. The lowest BCUT2D eigenvalue weighted by atomic mass is 9.79. The fraction of sp³-hybridized carbons (Fsp3) is 0.588. The quantitative estimate of drug-likeness (QED) is 0.847. The van der Waals surface area contributed by atoms with Gasteiger partial charge in [0.1, 0.15) is 6.10 Å². The molecule has 1 aromatic carbocycles. The molecule has 0 radical (unpaired) electrons. The molecule has 0 bridgehead atoms. The van der Waals surface area contributed by atoms with Crippen molar-refractivity contribution < 1.29 is 19.0 Å². The van der Waals surface area contributed by atoms with Crippen LogP contribution in [0.2, 0.25) is 0 Å². The van der Waals surface area contributed by atoms with Gasteiger partial charge in [-0.25, -0.2) is 0 Å². The SMILES string of the molecule is CCOc1cc(C2CC(OC(C)=O)CCC2N)ccc1OC. The number of nitrogens with two attached hydrogens (primary N) is 1. The zero-order chi connectivity index (χ0) is 16.1. The predicted molar refractivity (Wildman–Crippen MR) is 84.3 cm³/mol. The Morgan fingerprint density at radius 3 is 2.73 bits per heavy atom. The average Bonchev–Trinajstić information content (AvgIpc) is 2.49. The number of carbonyl (C=O) groups is 1. The molecule has 5 nitrogen and oxygen atoms in total. The van der Waals surface area contributed by atoms with Gasteiger partial charge in [-0.15, -0.1) is 0 Å². The highest BCUT2D eigenvalue weighted by Gasteiger charge is 2.31. The number of hydrogen-bond acceptors (Lipinski definition) is 5. The van der Waals surface area contributed by atoms with E-state index in [1.807, 2.05) is 25.1 Å². The van der Waals surface area contributed by atoms with Crippen molar-refractivity contribution in [1.82, 2.24) is 0 Å². The van der Waals surface area contributed by atoms with Gasteiger partial charge in [-0.3, -0.25) is 4.79 Å². The molecule has 3 atom stereocenters. The standard InChI is InChI=1S/C17H25NO4/c1-4-21-17-9-12(5-8-16(17)20-3)14-10-13(22-11(2)19)6-7-15(14)18/h5,8-9,13-15H,4,6-7,10,18H2,1-3H3. The molecule has 0 aliphatic heterocycles. The van der Waals surface area contributed by atoms with Crippen LogP contribution in [0.25, 0.3) is 0 Å². The van der Waals surface area contributed by atoms with Crippen LogP contribution in [0.3, 0.4) is 0 Å². The zero-order valence-corrected chi connectivity index (χ0v) is 13.5. The third kappa shape index (κ3) is 3.91. The lowest BCUT2D eigenvalue weighted by molar-refractivity contribution is -0.148. The Balaban J connectivity index is 2.20. The second kappa shape index (κ2) is 7.49. The molecule has 0 heterocycles. The van der Waals surface area contributed by atoms with Crippen molar-refractivity contribution in [2.45, 2.75) is 51.2 Å². The Morgan fingerprint density at radius 2 is 2.09 bits per heavy atom. The maximum Gasteiger partial charge on any atom is 0.302 e. The Labute approximate surface area is 131 Å². The van der Waals surface area contributed by atoms with Gasteiger partial charge in [0.05, 0.1) is 13.7 Å². The highest BCUT2D eigenvalue weighted by atomic mass is 16.5. The molecule has 122 valence electrons. The smallest absolute Gasteiger partial charge is 0.302 e. The van der Waals surface area contributed by atoms with Crippen LogP contribution in [-0.2, 0) is 9.53 Å². The number of carbonyl (C=O) groups excluding carboxylic acids is 1. The third-order valence-corrected chi connectivity index (χ3v) is 4.10. The molecule has 0 saturated heterocycles. The van der Waals surface area contributed by atoms with Crippen LogP contribution >= 0.6 is 0 Å². The van der Waals surface area contributed by atoms with Gasteiger partial charge in [0, 0.05) is 18.9 Å². The first kappa shape index (κ1) is 16.6. The Kier molecular flexibility index (Phi) is 5.66. The van der Waals surface area contributed by atoms with Gasteiger partial charge in [0.25, 0.3) is 0 Å². The summed E-state index contributed by atoms with van der Waals surface area (Å²) in [6, 6.07) is 5.97. The normalized spacial score (nSPS) is 24.6. The predicted octanol–water partition coefficient (Wildman–Crippen LogP) is 2.62. The summed E-state index contributed by atoms with van der Waals surface area (Å²) in [6.07, 6.45) is 2.36. The number of ether oxygens (including phenoxy) is 3. The molecule has 0 spiro atoms. The first-order valence-electron chi connectivity index (χ1n) is 7.78. The van der Waals surface area contributed by atoms with E-state index >= 15 is 0 Å². The number of esters is 1. The van der Waals surface area contributed by atoms with Gasteiger partial charge in [-0.2, -0.15) is 0 Å². The number of benzene rings is 1. The van der Waals surface area contributed by atoms with E-state index in [1.54, 1.807) is 7.11 Å². The summed E-state index contributed by atoms with van der Waals surface area (Å²) in [7, 11) is 1.63. The van der Waals surface area contributed by atoms with Crippen molar-refractivity contribution in [2.75, 3.05) is 13.7 Å². The van der Waals surface area contributed by atoms with E-state index in [1.165, 1.54) is 6.92 Å². The lowest BCUT2D eigenvalue weighted by Gasteiger charge is -2.34. The Hall–Kier alpha value is -1.75. The van der Waals surface area contributed by atoms with E-state index in [-0.39, 0.29) is 24.0 Å². The molecule has 2 rings (SSSR count). The average molecular weight is 307 g/mol.